The van der Waals surface area contributed by atoms with E-state index in [1.807, 2.05) is 0 Å². The Hall–Kier alpha value is -2.24. The molecule has 0 saturated carbocycles. The van der Waals surface area contributed by atoms with Crippen molar-refractivity contribution in [3.05, 3.63) is 71.8 Å². The Bertz CT molecular complexity index is 1220. The summed E-state index contributed by atoms with van der Waals surface area (Å²) < 4.78 is 129. The van der Waals surface area contributed by atoms with Gasteiger partial charge in [-0.25, -0.2) is 26.3 Å². The zero-order valence-corrected chi connectivity index (χ0v) is 25.0. The van der Waals surface area contributed by atoms with Gasteiger partial charge in [0.2, 0.25) is 0 Å². The Kier molecular flexibility index (Phi) is 12.4. The van der Waals surface area contributed by atoms with Crippen LogP contribution in [0.2, 0.25) is 0 Å². The summed E-state index contributed by atoms with van der Waals surface area (Å²) in [5.74, 6) is -1.12. The van der Waals surface area contributed by atoms with E-state index in [2.05, 4.69) is 10.6 Å². The molecule has 0 aliphatic carbocycles. The van der Waals surface area contributed by atoms with Crippen molar-refractivity contribution in [2.45, 2.75) is 62.9 Å². The molecule has 0 fully saturated rings. The van der Waals surface area contributed by atoms with E-state index in [0.29, 0.717) is 11.1 Å². The van der Waals surface area contributed by atoms with Crippen LogP contribution in [0.3, 0.4) is 0 Å². The fourth-order valence-electron chi connectivity index (χ4n) is 4.04. The Morgan fingerprint density at radius 3 is 1.10 bits per heavy atom. The van der Waals surface area contributed by atoms with E-state index in [1.165, 1.54) is 0 Å². The monoisotopic (exact) mass is 646 g/mol. The summed E-state index contributed by atoms with van der Waals surface area (Å²) >= 11 is 0. The van der Waals surface area contributed by atoms with E-state index in [-0.39, 0.29) is 13.1 Å². The number of nitrogens with one attached hydrogen (secondary N) is 4. The molecule has 0 radical (unpaired) electrons. The molecular weight excluding hydrogens is 610 g/mol. The van der Waals surface area contributed by atoms with Gasteiger partial charge in [-0.15, -0.1) is 0 Å². The second-order valence-corrected chi connectivity index (χ2v) is 13.8. The summed E-state index contributed by atoms with van der Waals surface area (Å²) in [5, 5.41) is 6.28. The number of rotatable bonds is 15. The van der Waals surface area contributed by atoms with Crippen molar-refractivity contribution < 1.29 is 43.2 Å². The first-order chi connectivity index (χ1) is 19.3. The third kappa shape index (κ3) is 9.91. The first kappa shape index (κ1) is 36.0. The largest absolute Gasteiger partial charge is 0.511 e. The SMILES string of the molecule is CC(C)[C@@H](CN[C@H](c1ccccc1)[C@H](NC[C@@H](NS(=O)(=O)C(F)(F)F)C(C)C)c1ccccc1)NS(=O)(=O)C(F)(F)F. The number of halogens is 6. The second kappa shape index (κ2) is 14.5. The van der Waals surface area contributed by atoms with Gasteiger partial charge in [-0.3, -0.25) is 0 Å². The van der Waals surface area contributed by atoms with E-state index in [9.17, 15) is 43.2 Å². The summed E-state index contributed by atoms with van der Waals surface area (Å²) in [4.78, 5) is 0. The van der Waals surface area contributed by atoms with Gasteiger partial charge in [0.05, 0.1) is 12.1 Å². The highest BCUT2D eigenvalue weighted by atomic mass is 32.2. The smallest absolute Gasteiger partial charge is 0.307 e. The van der Waals surface area contributed by atoms with Crippen molar-refractivity contribution in [3.8, 4) is 0 Å². The number of hydrogen-bond donors (Lipinski definition) is 4. The topological polar surface area (TPSA) is 116 Å². The van der Waals surface area contributed by atoms with Gasteiger partial charge in [-0.1, -0.05) is 88.4 Å². The Balaban J connectivity index is 2.46. The molecule has 0 aromatic heterocycles. The zero-order chi connectivity index (χ0) is 31.9. The minimum absolute atomic E-state index is 0.244. The highest BCUT2D eigenvalue weighted by Crippen LogP contribution is 2.30. The fourth-order valence-corrected chi connectivity index (χ4v) is 5.82. The van der Waals surface area contributed by atoms with Gasteiger partial charge in [0, 0.05) is 25.2 Å². The molecule has 238 valence electrons. The molecule has 0 heterocycles. The van der Waals surface area contributed by atoms with Crippen molar-refractivity contribution in [1.82, 2.24) is 20.1 Å². The average molecular weight is 647 g/mol. The zero-order valence-electron chi connectivity index (χ0n) is 23.4. The van der Waals surface area contributed by atoms with Crippen molar-refractivity contribution in [1.29, 1.82) is 0 Å². The summed E-state index contributed by atoms with van der Waals surface area (Å²) in [6.45, 7) is 5.72. The standard InChI is InChI=1S/C26H36F6N4O4S2/c1-17(2)21(35-41(37,38)25(27,28)29)15-33-23(19-11-7-5-8-12-19)24(20-13-9-6-10-14-20)34-16-22(18(3)4)36-42(39,40)26(30,31)32/h5-14,17-18,21-24,33-36H,15-16H2,1-4H3/t21-,22-,23-,24-/m1/s1. The van der Waals surface area contributed by atoms with E-state index in [0.717, 1.165) is 0 Å². The van der Waals surface area contributed by atoms with Gasteiger partial charge in [-0.05, 0) is 23.0 Å². The quantitative estimate of drug-likeness (QED) is 0.211. The Morgan fingerprint density at radius 1 is 0.571 bits per heavy atom. The first-order valence-corrected chi connectivity index (χ1v) is 16.0. The lowest BCUT2D eigenvalue weighted by molar-refractivity contribution is -0.0458. The average Bonchev–Trinajstić information content (AvgIpc) is 2.88. The van der Waals surface area contributed by atoms with Gasteiger partial charge >= 0.3 is 31.1 Å². The Labute approximate surface area is 242 Å². The highest BCUT2D eigenvalue weighted by Gasteiger charge is 2.48. The van der Waals surface area contributed by atoms with Crippen LogP contribution in [-0.2, 0) is 20.0 Å². The molecule has 0 unspecified atom stereocenters. The van der Waals surface area contributed by atoms with Crippen LogP contribution in [0.1, 0.15) is 50.9 Å². The molecule has 16 heteroatoms. The van der Waals surface area contributed by atoms with Crippen molar-refractivity contribution in [3.63, 3.8) is 0 Å². The molecule has 0 aliphatic rings. The summed E-state index contributed by atoms with van der Waals surface area (Å²) in [5.41, 5.74) is -9.75. The Morgan fingerprint density at radius 2 is 0.857 bits per heavy atom. The van der Waals surface area contributed by atoms with Gasteiger partial charge in [-0.2, -0.15) is 26.3 Å². The van der Waals surface area contributed by atoms with Crippen molar-refractivity contribution in [2.75, 3.05) is 13.1 Å². The minimum Gasteiger partial charge on any atom is -0.307 e. The molecule has 8 nitrogen and oxygen atoms in total. The van der Waals surface area contributed by atoms with Crippen LogP contribution in [0.4, 0.5) is 26.3 Å². The number of alkyl halides is 6. The summed E-state index contributed by atoms with van der Waals surface area (Å²) in [7, 11) is -11.3. The summed E-state index contributed by atoms with van der Waals surface area (Å²) in [6, 6.07) is 13.4. The summed E-state index contributed by atoms with van der Waals surface area (Å²) in [6.07, 6.45) is 0. The molecule has 0 amide bonds. The molecule has 0 saturated heterocycles. The van der Waals surface area contributed by atoms with Crippen molar-refractivity contribution in [2.24, 2.45) is 11.8 Å². The lowest BCUT2D eigenvalue weighted by atomic mass is 9.92. The lowest BCUT2D eigenvalue weighted by Crippen LogP contribution is -2.52. The molecule has 42 heavy (non-hydrogen) atoms. The van der Waals surface area contributed by atoms with Crippen LogP contribution >= 0.6 is 0 Å². The third-order valence-electron chi connectivity index (χ3n) is 6.60. The third-order valence-corrected chi connectivity index (χ3v) is 9.04. The molecule has 4 atom stereocenters. The maximum atomic E-state index is 13.1. The highest BCUT2D eigenvalue weighted by molar-refractivity contribution is 7.90. The van der Waals surface area contributed by atoms with Crippen LogP contribution in [-0.4, -0.2) is 53.0 Å². The molecular formula is C26H36F6N4O4S2. The first-order valence-electron chi connectivity index (χ1n) is 13.0. The number of hydrogen-bond acceptors (Lipinski definition) is 6. The molecule has 0 spiro atoms. The predicted molar refractivity (Wildman–Crippen MR) is 148 cm³/mol. The van der Waals surface area contributed by atoms with E-state index in [1.54, 1.807) is 97.8 Å². The predicted octanol–water partition coefficient (Wildman–Crippen LogP) is 4.58. The van der Waals surface area contributed by atoms with Gasteiger partial charge in [0.1, 0.15) is 0 Å². The van der Waals surface area contributed by atoms with E-state index >= 15 is 0 Å². The maximum absolute atomic E-state index is 13.1. The van der Waals surface area contributed by atoms with Gasteiger partial charge in [0.15, 0.2) is 0 Å². The fraction of sp³-hybridized carbons (Fsp3) is 0.538. The van der Waals surface area contributed by atoms with E-state index < -0.39 is 67.1 Å². The van der Waals surface area contributed by atoms with Crippen LogP contribution in [0.25, 0.3) is 0 Å². The van der Waals surface area contributed by atoms with Gasteiger partial charge < -0.3 is 10.6 Å². The number of benzene rings is 2. The normalized spacial score (nSPS) is 16.4. The molecule has 2 aromatic carbocycles. The number of sulfonamides is 2. The lowest BCUT2D eigenvalue weighted by Gasteiger charge is -2.34. The second-order valence-electron chi connectivity index (χ2n) is 10.4. The molecule has 2 aromatic rings. The molecule has 4 N–H and O–H groups in total. The molecule has 2 rings (SSSR count). The van der Waals surface area contributed by atoms with E-state index in [4.69, 9.17) is 0 Å². The molecule has 0 aliphatic heterocycles. The van der Waals surface area contributed by atoms with Gasteiger partial charge in [0.25, 0.3) is 0 Å². The molecule has 0 bridgehead atoms. The van der Waals surface area contributed by atoms with Crippen LogP contribution in [0.15, 0.2) is 60.7 Å². The van der Waals surface area contributed by atoms with Crippen LogP contribution in [0.5, 0.6) is 0 Å². The minimum atomic E-state index is -5.65. The van der Waals surface area contributed by atoms with Crippen LogP contribution < -0.4 is 20.1 Å². The maximum Gasteiger partial charge on any atom is 0.511 e. The van der Waals surface area contributed by atoms with Crippen molar-refractivity contribution >= 4 is 20.0 Å². The van der Waals surface area contributed by atoms with Crippen LogP contribution in [0, 0.1) is 11.8 Å².